The summed E-state index contributed by atoms with van der Waals surface area (Å²) in [5, 5.41) is 5.54. The minimum Gasteiger partial charge on any atom is -0.442 e. The molecule has 0 bridgehead atoms. The fourth-order valence-corrected chi connectivity index (χ4v) is 2.75. The van der Waals surface area contributed by atoms with Gasteiger partial charge in [0, 0.05) is 23.0 Å². The van der Waals surface area contributed by atoms with Gasteiger partial charge in [-0.25, -0.2) is 14.4 Å². The number of aromatic nitrogens is 3. The fraction of sp³-hybridized carbons (Fsp3) is 0.0476. The zero-order valence-corrected chi connectivity index (χ0v) is 16.0. The average Bonchev–Trinajstić information content (AvgIpc) is 3.23. The lowest BCUT2D eigenvalue weighted by Crippen LogP contribution is -2.12. The van der Waals surface area contributed by atoms with Crippen molar-refractivity contribution >= 4 is 23.2 Å². The Morgan fingerprint density at radius 3 is 2.47 bits per heavy atom. The summed E-state index contributed by atoms with van der Waals surface area (Å²) in [5.41, 5.74) is -0.515. The summed E-state index contributed by atoms with van der Waals surface area (Å²) >= 11 is 0. The van der Waals surface area contributed by atoms with Crippen LogP contribution in [0.3, 0.4) is 0 Å². The number of amides is 1. The number of hydrogen-bond donors (Lipinski definition) is 2. The predicted octanol–water partition coefficient (Wildman–Crippen LogP) is 5.29. The largest absolute Gasteiger partial charge is 0.442 e. The van der Waals surface area contributed by atoms with Crippen molar-refractivity contribution in [3.8, 4) is 11.5 Å². The molecular weight excluding hydrogens is 430 g/mol. The summed E-state index contributed by atoms with van der Waals surface area (Å²) in [6, 6.07) is 10.5. The lowest BCUT2D eigenvalue weighted by atomic mass is 10.1. The molecule has 0 spiro atoms. The van der Waals surface area contributed by atoms with Crippen molar-refractivity contribution in [3.63, 3.8) is 0 Å². The highest BCUT2D eigenvalue weighted by Gasteiger charge is 2.34. The van der Waals surface area contributed by atoms with Crippen LogP contribution in [0.25, 0.3) is 11.5 Å². The van der Waals surface area contributed by atoms with E-state index in [0.29, 0.717) is 29.2 Å². The summed E-state index contributed by atoms with van der Waals surface area (Å²) in [7, 11) is 0. The van der Waals surface area contributed by atoms with Crippen LogP contribution in [0.5, 0.6) is 0 Å². The Morgan fingerprint density at radius 1 is 1.00 bits per heavy atom. The van der Waals surface area contributed by atoms with Crippen molar-refractivity contribution in [1.29, 1.82) is 0 Å². The third-order valence-corrected chi connectivity index (χ3v) is 4.27. The topological polar surface area (TPSA) is 92.9 Å². The molecule has 4 rings (SSSR count). The zero-order valence-electron chi connectivity index (χ0n) is 16.0. The number of nitrogens with one attached hydrogen (secondary N) is 2. The number of carbonyl (C=O) groups is 1. The van der Waals surface area contributed by atoms with Gasteiger partial charge in [0.2, 0.25) is 5.89 Å². The fourth-order valence-electron chi connectivity index (χ4n) is 2.75. The zero-order chi connectivity index (χ0) is 22.7. The van der Waals surface area contributed by atoms with Gasteiger partial charge in [-0.1, -0.05) is 0 Å². The van der Waals surface area contributed by atoms with Gasteiger partial charge in [-0.15, -0.1) is 0 Å². The molecule has 0 unspecified atom stereocenters. The van der Waals surface area contributed by atoms with Crippen LogP contribution in [-0.4, -0.2) is 20.9 Å². The van der Waals surface area contributed by atoms with E-state index in [-0.39, 0.29) is 17.3 Å². The molecule has 2 aromatic carbocycles. The number of anilines is 3. The van der Waals surface area contributed by atoms with Gasteiger partial charge in [-0.3, -0.25) is 4.79 Å². The summed E-state index contributed by atoms with van der Waals surface area (Å²) in [6.45, 7) is 0. The monoisotopic (exact) mass is 443 g/mol. The number of carbonyl (C=O) groups excluding carboxylic acids is 1. The van der Waals surface area contributed by atoms with Crippen LogP contribution in [-0.2, 0) is 6.18 Å². The van der Waals surface area contributed by atoms with Crippen molar-refractivity contribution in [2.24, 2.45) is 0 Å². The Bertz CT molecular complexity index is 1240. The van der Waals surface area contributed by atoms with Crippen LogP contribution in [0, 0.1) is 5.82 Å². The predicted molar refractivity (Wildman–Crippen MR) is 107 cm³/mol. The number of hydrogen-bond acceptors (Lipinski definition) is 6. The van der Waals surface area contributed by atoms with Crippen molar-refractivity contribution < 1.29 is 26.8 Å². The van der Waals surface area contributed by atoms with Gasteiger partial charge in [0.25, 0.3) is 5.91 Å². The highest BCUT2D eigenvalue weighted by Crippen LogP contribution is 2.34. The molecule has 7 nitrogen and oxygen atoms in total. The summed E-state index contributed by atoms with van der Waals surface area (Å²) < 4.78 is 57.3. The third-order valence-electron chi connectivity index (χ3n) is 4.27. The normalized spacial score (nSPS) is 11.2. The maximum atomic E-state index is 13.5. The molecule has 11 heteroatoms. The Hall–Kier alpha value is -4.28. The Labute approximate surface area is 178 Å². The van der Waals surface area contributed by atoms with Crippen LogP contribution in [0.1, 0.15) is 15.9 Å². The molecule has 0 saturated heterocycles. The van der Waals surface area contributed by atoms with Crippen molar-refractivity contribution in [1.82, 2.24) is 15.0 Å². The number of rotatable bonds is 5. The quantitative estimate of drug-likeness (QED) is 0.408. The number of halogens is 4. The molecule has 0 aliphatic heterocycles. The number of alkyl halides is 3. The lowest BCUT2D eigenvalue weighted by Gasteiger charge is -2.08. The molecule has 0 aliphatic rings. The van der Waals surface area contributed by atoms with Crippen LogP contribution < -0.4 is 10.6 Å². The molecule has 32 heavy (non-hydrogen) atoms. The van der Waals surface area contributed by atoms with Gasteiger partial charge in [0.15, 0.2) is 5.82 Å². The number of benzene rings is 2. The molecule has 1 amide bonds. The lowest BCUT2D eigenvalue weighted by molar-refractivity contribution is -0.139. The van der Waals surface area contributed by atoms with Gasteiger partial charge in [-0.05, 0) is 48.5 Å². The second kappa shape index (κ2) is 8.46. The molecule has 0 fully saturated rings. The first kappa shape index (κ1) is 21.0. The molecule has 0 aliphatic carbocycles. The van der Waals surface area contributed by atoms with Gasteiger partial charge < -0.3 is 15.1 Å². The van der Waals surface area contributed by atoms with Crippen molar-refractivity contribution in [3.05, 3.63) is 84.3 Å². The molecule has 0 saturated carbocycles. The van der Waals surface area contributed by atoms with E-state index >= 15 is 0 Å². The van der Waals surface area contributed by atoms with Crippen molar-refractivity contribution in [2.45, 2.75) is 6.18 Å². The van der Waals surface area contributed by atoms with Gasteiger partial charge >= 0.3 is 6.18 Å². The average molecular weight is 443 g/mol. The van der Waals surface area contributed by atoms with E-state index in [9.17, 15) is 22.4 Å². The van der Waals surface area contributed by atoms with E-state index < -0.39 is 23.5 Å². The molecule has 162 valence electrons. The summed E-state index contributed by atoms with van der Waals surface area (Å²) in [5.74, 6) is -1.53. The molecule has 2 heterocycles. The van der Waals surface area contributed by atoms with E-state index in [2.05, 4.69) is 25.6 Å². The minimum absolute atomic E-state index is 0.00827. The van der Waals surface area contributed by atoms with E-state index in [1.54, 1.807) is 36.5 Å². The summed E-state index contributed by atoms with van der Waals surface area (Å²) in [4.78, 5) is 24.2. The maximum absolute atomic E-state index is 13.5. The second-order valence-electron chi connectivity index (χ2n) is 6.48. The Morgan fingerprint density at radius 2 is 1.78 bits per heavy atom. The number of oxazole rings is 1. The second-order valence-corrected chi connectivity index (χ2v) is 6.48. The van der Waals surface area contributed by atoms with E-state index in [1.165, 1.54) is 6.33 Å². The third kappa shape index (κ3) is 4.72. The first-order valence-corrected chi connectivity index (χ1v) is 9.07. The van der Waals surface area contributed by atoms with Gasteiger partial charge in [-0.2, -0.15) is 18.2 Å². The van der Waals surface area contributed by atoms with Crippen LogP contribution >= 0.6 is 0 Å². The highest BCUT2D eigenvalue weighted by molar-refractivity contribution is 6.04. The molecule has 0 atom stereocenters. The molecule has 2 aromatic heterocycles. The molecule has 0 radical (unpaired) electrons. The van der Waals surface area contributed by atoms with Gasteiger partial charge in [0.1, 0.15) is 24.2 Å². The molecule has 2 N–H and O–H groups in total. The molecule has 4 aromatic rings. The Balaban J connectivity index is 1.45. The first-order valence-electron chi connectivity index (χ1n) is 9.07. The van der Waals surface area contributed by atoms with E-state index in [4.69, 9.17) is 4.42 Å². The standard InChI is InChI=1S/C21H13F4N5O2/c22-16-6-3-13(9-15(16)21(23,24)25)20-30-18(10-32-20)29-19(31)12-1-4-14(5-2-12)28-17-7-8-26-11-27-17/h1-11H,(H,29,31)(H,26,27,28). The number of nitrogens with zero attached hydrogens (tertiary/aromatic N) is 3. The summed E-state index contributed by atoms with van der Waals surface area (Å²) in [6.07, 6.45) is -0.807. The van der Waals surface area contributed by atoms with E-state index in [1.807, 2.05) is 0 Å². The van der Waals surface area contributed by atoms with Crippen LogP contribution in [0.2, 0.25) is 0 Å². The van der Waals surface area contributed by atoms with Crippen molar-refractivity contribution in [2.75, 3.05) is 10.6 Å². The molecular formula is C21H13F4N5O2. The SMILES string of the molecule is O=C(Nc1coc(-c2ccc(F)c(C(F)(F)F)c2)n1)c1ccc(Nc2ccncn2)cc1. The van der Waals surface area contributed by atoms with Crippen LogP contribution in [0.4, 0.5) is 34.9 Å². The minimum atomic E-state index is -4.86. The highest BCUT2D eigenvalue weighted by atomic mass is 19.4. The van der Waals surface area contributed by atoms with Crippen LogP contribution in [0.15, 0.2) is 71.7 Å². The smallest absolute Gasteiger partial charge is 0.419 e. The first-order chi connectivity index (χ1) is 15.3. The van der Waals surface area contributed by atoms with E-state index in [0.717, 1.165) is 12.3 Å². The van der Waals surface area contributed by atoms with Gasteiger partial charge in [0.05, 0.1) is 5.56 Å². The maximum Gasteiger partial charge on any atom is 0.419 e. The Kier molecular flexibility index (Phi) is 5.54.